The van der Waals surface area contributed by atoms with Gasteiger partial charge in [-0.25, -0.2) is 9.97 Å². The predicted molar refractivity (Wildman–Crippen MR) is 161 cm³/mol. The maximum absolute atomic E-state index is 12.2. The summed E-state index contributed by atoms with van der Waals surface area (Å²) >= 11 is 3.41. The van der Waals surface area contributed by atoms with Crippen molar-refractivity contribution in [3.8, 4) is 0 Å². The molecule has 0 bridgehead atoms. The van der Waals surface area contributed by atoms with Gasteiger partial charge < -0.3 is 31.1 Å². The molecule has 0 spiro atoms. The van der Waals surface area contributed by atoms with Crippen molar-refractivity contribution in [2.75, 3.05) is 74.9 Å². The van der Waals surface area contributed by atoms with Crippen LogP contribution in [0, 0.1) is 0 Å². The normalized spacial score (nSPS) is 20.9. The number of hydrogen-bond donors (Lipinski definition) is 3. The summed E-state index contributed by atoms with van der Waals surface area (Å²) < 4.78 is 0.385. The van der Waals surface area contributed by atoms with E-state index in [4.69, 9.17) is 5.73 Å². The summed E-state index contributed by atoms with van der Waals surface area (Å²) in [7, 11) is 2.20. The van der Waals surface area contributed by atoms with E-state index in [2.05, 4.69) is 77.0 Å². The molecule has 3 aliphatic rings. The lowest BCUT2D eigenvalue weighted by Gasteiger charge is -2.42. The molecule has 0 saturated carbocycles. The molecule has 0 radical (unpaired) electrons. The van der Waals surface area contributed by atoms with Gasteiger partial charge in [-0.1, -0.05) is 6.58 Å². The number of primary amides is 1. The van der Waals surface area contributed by atoms with E-state index in [-0.39, 0.29) is 23.5 Å². The number of likely N-dealkylation sites (tertiary alicyclic amines) is 1. The highest BCUT2D eigenvalue weighted by Gasteiger charge is 2.28. The number of carbonyl (C=O) groups excluding carboxylic acids is 2. The van der Waals surface area contributed by atoms with Crippen molar-refractivity contribution in [1.82, 2.24) is 24.7 Å². The molecule has 11 nitrogen and oxygen atoms in total. The minimum atomic E-state index is -0.675. The number of aromatic nitrogens is 2. The minimum absolute atomic E-state index is 0.00135. The molecular formula is C28H38BrN9O2. The van der Waals surface area contributed by atoms with Gasteiger partial charge in [-0.2, -0.15) is 0 Å². The van der Waals surface area contributed by atoms with Gasteiger partial charge in [0.05, 0.1) is 0 Å². The molecule has 214 valence electrons. The highest BCUT2D eigenvalue weighted by Crippen LogP contribution is 2.29. The second-order valence-corrected chi connectivity index (χ2v) is 11.5. The topological polar surface area (TPSA) is 123 Å². The molecule has 1 aromatic carbocycles. The van der Waals surface area contributed by atoms with Crippen molar-refractivity contribution in [2.24, 2.45) is 5.73 Å². The molecule has 1 atom stereocenters. The number of piperidine rings is 1. The van der Waals surface area contributed by atoms with Crippen LogP contribution in [0.5, 0.6) is 0 Å². The number of rotatable bonds is 8. The number of nitrogens with one attached hydrogen (secondary N) is 2. The first-order valence-corrected chi connectivity index (χ1v) is 14.7. The number of carbonyl (C=O) groups is 2. The lowest BCUT2D eigenvalue weighted by atomic mass is 10.0. The molecule has 0 aliphatic carbocycles. The molecule has 40 heavy (non-hydrogen) atoms. The quantitative estimate of drug-likeness (QED) is 0.386. The van der Waals surface area contributed by atoms with Gasteiger partial charge in [0.2, 0.25) is 5.91 Å². The van der Waals surface area contributed by atoms with Crippen molar-refractivity contribution in [3.05, 3.63) is 47.2 Å². The Bertz CT molecular complexity index is 1230. The largest absolute Gasteiger partial charge is 0.371 e. The van der Waals surface area contributed by atoms with Crippen LogP contribution in [0.1, 0.15) is 29.8 Å². The Hall–Kier alpha value is -3.22. The molecule has 1 aromatic heterocycles. The Kier molecular flexibility index (Phi) is 8.87. The summed E-state index contributed by atoms with van der Waals surface area (Å²) in [6, 6.07) is 8.83. The average molecular weight is 613 g/mol. The first-order valence-electron chi connectivity index (χ1n) is 13.9. The standard InChI is InChI=1S/C28H38BrN9O2/c1-3-23(39)38-11-8-20(18-38)32-28-25(29)33-24(26(30)40)27(34-28)31-19-4-6-21(7-5-19)36-12-9-22(10-13-36)37-16-14-35(2)15-17-37/h3-7,20,22H,1,8-18H2,2H3,(H2,30,40)(H2,31,32,34)/t20-/m1/s1. The summed E-state index contributed by atoms with van der Waals surface area (Å²) in [5, 5.41) is 6.56. The molecule has 2 aromatic rings. The van der Waals surface area contributed by atoms with E-state index in [1.807, 2.05) is 12.1 Å². The van der Waals surface area contributed by atoms with Gasteiger partial charge in [0, 0.05) is 75.8 Å². The van der Waals surface area contributed by atoms with E-state index in [1.165, 1.54) is 37.7 Å². The Morgan fingerprint density at radius 3 is 2.35 bits per heavy atom. The Morgan fingerprint density at radius 1 is 1.00 bits per heavy atom. The second kappa shape index (κ2) is 12.5. The van der Waals surface area contributed by atoms with E-state index in [0.717, 1.165) is 38.3 Å². The summed E-state index contributed by atoms with van der Waals surface area (Å²) in [6.45, 7) is 11.5. The fourth-order valence-electron chi connectivity index (χ4n) is 5.73. The summed E-state index contributed by atoms with van der Waals surface area (Å²) in [5.41, 5.74) is 7.63. The molecule has 5 rings (SSSR count). The number of amides is 2. The highest BCUT2D eigenvalue weighted by atomic mass is 79.9. The smallest absolute Gasteiger partial charge is 0.271 e. The van der Waals surface area contributed by atoms with Crippen LogP contribution in [0.4, 0.5) is 23.0 Å². The summed E-state index contributed by atoms with van der Waals surface area (Å²) in [6.07, 6.45) is 4.44. The van der Waals surface area contributed by atoms with Crippen LogP contribution in [-0.4, -0.2) is 108 Å². The van der Waals surface area contributed by atoms with Crippen LogP contribution in [0.15, 0.2) is 41.5 Å². The predicted octanol–water partition coefficient (Wildman–Crippen LogP) is 2.50. The minimum Gasteiger partial charge on any atom is -0.371 e. The monoisotopic (exact) mass is 611 g/mol. The fourth-order valence-corrected chi connectivity index (χ4v) is 6.12. The number of piperazine rings is 1. The van der Waals surface area contributed by atoms with Gasteiger partial charge in [0.15, 0.2) is 17.3 Å². The third-order valence-electron chi connectivity index (χ3n) is 8.12. The lowest BCUT2D eigenvalue weighted by Crippen LogP contribution is -2.52. The van der Waals surface area contributed by atoms with Gasteiger partial charge >= 0.3 is 0 Å². The van der Waals surface area contributed by atoms with Crippen molar-refractivity contribution in [2.45, 2.75) is 31.3 Å². The van der Waals surface area contributed by atoms with Gasteiger partial charge in [-0.3, -0.25) is 14.5 Å². The van der Waals surface area contributed by atoms with Crippen LogP contribution in [0.3, 0.4) is 0 Å². The zero-order chi connectivity index (χ0) is 28.2. The molecule has 2 amide bonds. The molecule has 3 fully saturated rings. The van der Waals surface area contributed by atoms with Gasteiger partial charge in [0.25, 0.3) is 5.91 Å². The maximum Gasteiger partial charge on any atom is 0.271 e. The molecular weight excluding hydrogens is 574 g/mol. The Balaban J connectivity index is 1.22. The fraction of sp³-hybridized carbons (Fsp3) is 0.500. The summed E-state index contributed by atoms with van der Waals surface area (Å²) in [5.74, 6) is -0.0179. The zero-order valence-corrected chi connectivity index (χ0v) is 24.6. The Morgan fingerprint density at radius 2 is 1.70 bits per heavy atom. The van der Waals surface area contributed by atoms with Gasteiger partial charge in [-0.15, -0.1) is 0 Å². The van der Waals surface area contributed by atoms with E-state index in [9.17, 15) is 9.59 Å². The first-order chi connectivity index (χ1) is 19.3. The van der Waals surface area contributed by atoms with Crippen LogP contribution in [0.25, 0.3) is 0 Å². The van der Waals surface area contributed by atoms with Crippen molar-refractivity contribution >= 4 is 50.8 Å². The number of hydrogen-bond acceptors (Lipinski definition) is 9. The van der Waals surface area contributed by atoms with E-state index >= 15 is 0 Å². The van der Waals surface area contributed by atoms with E-state index < -0.39 is 5.91 Å². The number of benzene rings is 1. The first kappa shape index (κ1) is 28.3. The maximum atomic E-state index is 12.2. The van der Waals surface area contributed by atoms with Crippen LogP contribution >= 0.6 is 15.9 Å². The number of nitrogens with two attached hydrogens (primary N) is 1. The number of nitrogens with zero attached hydrogens (tertiary/aromatic N) is 6. The molecule has 3 aliphatic heterocycles. The van der Waals surface area contributed by atoms with Crippen molar-refractivity contribution in [1.29, 1.82) is 0 Å². The summed E-state index contributed by atoms with van der Waals surface area (Å²) in [4.78, 5) is 42.3. The second-order valence-electron chi connectivity index (χ2n) is 10.8. The number of anilines is 4. The SMILES string of the molecule is C=CC(=O)N1CC[C@@H](Nc2nc(Nc3ccc(N4CCC(N5CCN(C)CC5)CC4)cc3)c(C(N)=O)nc2Br)C1. The molecule has 0 unspecified atom stereocenters. The lowest BCUT2D eigenvalue weighted by molar-refractivity contribution is -0.125. The highest BCUT2D eigenvalue weighted by molar-refractivity contribution is 9.10. The third kappa shape index (κ3) is 6.56. The Labute approximate surface area is 243 Å². The molecule has 4 N–H and O–H groups in total. The zero-order valence-electron chi connectivity index (χ0n) is 23.0. The van der Waals surface area contributed by atoms with Crippen LogP contribution in [0.2, 0.25) is 0 Å². The van der Waals surface area contributed by atoms with Crippen molar-refractivity contribution < 1.29 is 9.59 Å². The average Bonchev–Trinajstić information content (AvgIpc) is 3.43. The van der Waals surface area contributed by atoms with Gasteiger partial charge in [-0.05, 0) is 72.6 Å². The third-order valence-corrected chi connectivity index (χ3v) is 8.67. The molecule has 12 heteroatoms. The van der Waals surface area contributed by atoms with Crippen LogP contribution in [-0.2, 0) is 4.79 Å². The molecule has 3 saturated heterocycles. The number of halogens is 1. The molecule has 4 heterocycles. The van der Waals surface area contributed by atoms with Crippen molar-refractivity contribution in [3.63, 3.8) is 0 Å². The van der Waals surface area contributed by atoms with Crippen LogP contribution < -0.4 is 21.3 Å². The van der Waals surface area contributed by atoms with E-state index in [1.54, 1.807) is 4.90 Å². The number of likely N-dealkylation sites (N-methyl/N-ethyl adjacent to an activating group) is 1. The van der Waals surface area contributed by atoms with Gasteiger partial charge in [0.1, 0.15) is 4.60 Å². The van der Waals surface area contributed by atoms with E-state index in [0.29, 0.717) is 29.6 Å².